The summed E-state index contributed by atoms with van der Waals surface area (Å²) in [5, 5.41) is 0.521. The Morgan fingerprint density at radius 2 is 2.20 bits per heavy atom. The van der Waals surface area contributed by atoms with E-state index in [0.29, 0.717) is 18.0 Å². The predicted octanol–water partition coefficient (Wildman–Crippen LogP) is 2.67. The van der Waals surface area contributed by atoms with Crippen LogP contribution in [0.1, 0.15) is 18.4 Å². The Labute approximate surface area is 94.1 Å². The van der Waals surface area contributed by atoms with E-state index in [4.69, 9.17) is 11.6 Å². The first kappa shape index (κ1) is 10.8. The maximum Gasteiger partial charge on any atom is 0.129 e. The molecule has 0 unspecified atom stereocenters. The van der Waals surface area contributed by atoms with Gasteiger partial charge in [-0.25, -0.2) is 9.37 Å². The van der Waals surface area contributed by atoms with Crippen molar-refractivity contribution in [3.05, 3.63) is 29.0 Å². The zero-order valence-corrected chi connectivity index (χ0v) is 9.25. The molecule has 2 heterocycles. The minimum absolute atomic E-state index is 0.521. The van der Waals surface area contributed by atoms with Crippen LogP contribution in [0, 0.1) is 0 Å². The number of halogens is 2. The lowest BCUT2D eigenvalue weighted by atomic mass is 10.1. The molecule has 1 aliphatic rings. The van der Waals surface area contributed by atoms with Gasteiger partial charge in [-0.2, -0.15) is 0 Å². The molecule has 0 atom stereocenters. The number of piperidine rings is 1. The summed E-state index contributed by atoms with van der Waals surface area (Å²) in [6.07, 6.45) is 2.40. The monoisotopic (exact) mass is 228 g/mol. The maximum atomic E-state index is 12.9. The molecule has 0 radical (unpaired) electrons. The smallest absolute Gasteiger partial charge is 0.129 e. The second-order valence-corrected chi connectivity index (χ2v) is 4.32. The number of hydrogen-bond acceptors (Lipinski definition) is 2. The Kier molecular flexibility index (Phi) is 3.54. The molecule has 1 saturated heterocycles. The highest BCUT2D eigenvalue weighted by molar-refractivity contribution is 6.29. The van der Waals surface area contributed by atoms with Crippen molar-refractivity contribution < 1.29 is 4.39 Å². The molecule has 0 N–H and O–H groups in total. The van der Waals surface area contributed by atoms with Crippen molar-refractivity contribution in [3.8, 4) is 0 Å². The largest absolute Gasteiger partial charge is 0.299 e. The van der Waals surface area contributed by atoms with E-state index in [1.807, 2.05) is 12.1 Å². The molecule has 0 bridgehead atoms. The van der Waals surface area contributed by atoms with Crippen LogP contribution >= 0.6 is 11.6 Å². The minimum atomic E-state index is -0.609. The third-order valence-electron chi connectivity index (χ3n) is 2.71. The minimum Gasteiger partial charge on any atom is -0.299 e. The summed E-state index contributed by atoms with van der Waals surface area (Å²) in [6.45, 7) is 2.51. The van der Waals surface area contributed by atoms with Gasteiger partial charge in [0.15, 0.2) is 0 Å². The number of hydrogen-bond donors (Lipinski definition) is 0. The Morgan fingerprint density at radius 1 is 1.47 bits per heavy atom. The standard InChI is InChI=1S/C11H14ClFN2/c12-11-7-9(1-4-14-11)8-15-5-2-10(13)3-6-15/h1,4,7,10H,2-3,5-6,8H2. The second-order valence-electron chi connectivity index (χ2n) is 3.94. The summed E-state index contributed by atoms with van der Waals surface area (Å²) in [5.41, 5.74) is 1.15. The first-order valence-electron chi connectivity index (χ1n) is 5.21. The Bertz CT molecular complexity index is 324. The zero-order valence-electron chi connectivity index (χ0n) is 8.50. The third kappa shape index (κ3) is 3.14. The van der Waals surface area contributed by atoms with Crippen molar-refractivity contribution >= 4 is 11.6 Å². The van der Waals surface area contributed by atoms with Gasteiger partial charge >= 0.3 is 0 Å². The van der Waals surface area contributed by atoms with Gasteiger partial charge in [-0.3, -0.25) is 4.90 Å². The second kappa shape index (κ2) is 4.90. The molecule has 2 rings (SSSR count). The summed E-state index contributed by atoms with van der Waals surface area (Å²) in [6, 6.07) is 3.82. The fourth-order valence-corrected chi connectivity index (χ4v) is 2.06. The maximum absolute atomic E-state index is 12.9. The van der Waals surface area contributed by atoms with Crippen LogP contribution in [0.5, 0.6) is 0 Å². The molecular formula is C11H14ClFN2. The summed E-state index contributed by atoms with van der Waals surface area (Å²) < 4.78 is 12.9. The first-order chi connectivity index (χ1) is 7.24. The average Bonchev–Trinajstić information content (AvgIpc) is 2.22. The molecule has 0 spiro atoms. The lowest BCUT2D eigenvalue weighted by molar-refractivity contribution is 0.145. The number of alkyl halides is 1. The van der Waals surface area contributed by atoms with Crippen LogP contribution in [-0.2, 0) is 6.54 Å². The van der Waals surface area contributed by atoms with Crippen LogP contribution in [0.25, 0.3) is 0 Å². The van der Waals surface area contributed by atoms with Crippen LogP contribution < -0.4 is 0 Å². The lowest BCUT2D eigenvalue weighted by Crippen LogP contribution is -2.33. The van der Waals surface area contributed by atoms with Gasteiger partial charge in [-0.15, -0.1) is 0 Å². The molecule has 0 saturated carbocycles. The fourth-order valence-electron chi connectivity index (χ4n) is 1.86. The molecule has 0 aromatic carbocycles. The van der Waals surface area contributed by atoms with Crippen molar-refractivity contribution in [1.29, 1.82) is 0 Å². The van der Waals surface area contributed by atoms with Crippen molar-refractivity contribution in [3.63, 3.8) is 0 Å². The van der Waals surface area contributed by atoms with Gasteiger partial charge in [0.1, 0.15) is 11.3 Å². The van der Waals surface area contributed by atoms with Gasteiger partial charge in [0.05, 0.1) is 0 Å². The number of nitrogens with zero attached hydrogens (tertiary/aromatic N) is 2. The van der Waals surface area contributed by atoms with Crippen LogP contribution in [0.2, 0.25) is 5.15 Å². The van der Waals surface area contributed by atoms with Crippen LogP contribution in [0.15, 0.2) is 18.3 Å². The van der Waals surface area contributed by atoms with E-state index in [1.165, 1.54) is 0 Å². The molecular weight excluding hydrogens is 215 g/mol. The van der Waals surface area contributed by atoms with Crippen LogP contribution in [0.3, 0.4) is 0 Å². The van der Waals surface area contributed by atoms with Crippen molar-refractivity contribution in [1.82, 2.24) is 9.88 Å². The number of likely N-dealkylation sites (tertiary alicyclic amines) is 1. The van der Waals surface area contributed by atoms with Crippen molar-refractivity contribution in [2.45, 2.75) is 25.6 Å². The van der Waals surface area contributed by atoms with Crippen molar-refractivity contribution in [2.75, 3.05) is 13.1 Å². The van der Waals surface area contributed by atoms with E-state index < -0.39 is 6.17 Å². The summed E-state index contributed by atoms with van der Waals surface area (Å²) in [4.78, 5) is 6.18. The molecule has 0 aliphatic carbocycles. The van der Waals surface area contributed by atoms with E-state index in [0.717, 1.165) is 25.2 Å². The quantitative estimate of drug-likeness (QED) is 0.724. The predicted molar refractivity (Wildman–Crippen MR) is 58.7 cm³/mol. The highest BCUT2D eigenvalue weighted by Crippen LogP contribution is 2.16. The first-order valence-corrected chi connectivity index (χ1v) is 5.59. The molecule has 82 valence electrons. The van der Waals surface area contributed by atoms with Gasteiger partial charge in [0.2, 0.25) is 0 Å². The summed E-state index contributed by atoms with van der Waals surface area (Å²) in [5.74, 6) is 0. The summed E-state index contributed by atoms with van der Waals surface area (Å²) >= 11 is 5.80. The average molecular weight is 229 g/mol. The third-order valence-corrected chi connectivity index (χ3v) is 2.92. The van der Waals surface area contributed by atoms with E-state index in [2.05, 4.69) is 9.88 Å². The molecule has 2 nitrogen and oxygen atoms in total. The fraction of sp³-hybridized carbons (Fsp3) is 0.545. The SMILES string of the molecule is FC1CCN(Cc2ccnc(Cl)c2)CC1. The molecule has 4 heteroatoms. The van der Waals surface area contributed by atoms with E-state index in [-0.39, 0.29) is 0 Å². The lowest BCUT2D eigenvalue weighted by Gasteiger charge is -2.28. The van der Waals surface area contributed by atoms with Gasteiger partial charge in [-0.1, -0.05) is 11.6 Å². The van der Waals surface area contributed by atoms with Crippen LogP contribution in [-0.4, -0.2) is 29.1 Å². The zero-order chi connectivity index (χ0) is 10.7. The van der Waals surface area contributed by atoms with E-state index in [9.17, 15) is 4.39 Å². The molecule has 1 fully saturated rings. The van der Waals surface area contributed by atoms with E-state index in [1.54, 1.807) is 6.20 Å². The van der Waals surface area contributed by atoms with E-state index >= 15 is 0 Å². The Hall–Kier alpha value is -0.670. The normalized spacial score (nSPS) is 19.3. The molecule has 1 aliphatic heterocycles. The van der Waals surface area contributed by atoms with Crippen LogP contribution in [0.4, 0.5) is 4.39 Å². The molecule has 15 heavy (non-hydrogen) atoms. The highest BCUT2D eigenvalue weighted by atomic mass is 35.5. The Morgan fingerprint density at radius 3 is 2.87 bits per heavy atom. The van der Waals surface area contributed by atoms with Gasteiger partial charge in [0.25, 0.3) is 0 Å². The summed E-state index contributed by atoms with van der Waals surface area (Å²) in [7, 11) is 0. The molecule has 1 aromatic heterocycles. The van der Waals surface area contributed by atoms with Gasteiger partial charge in [-0.05, 0) is 30.5 Å². The van der Waals surface area contributed by atoms with Crippen molar-refractivity contribution in [2.24, 2.45) is 0 Å². The highest BCUT2D eigenvalue weighted by Gasteiger charge is 2.18. The molecule has 0 amide bonds. The van der Waals surface area contributed by atoms with Gasteiger partial charge in [0, 0.05) is 25.8 Å². The Balaban J connectivity index is 1.92. The number of aromatic nitrogens is 1. The topological polar surface area (TPSA) is 16.1 Å². The number of rotatable bonds is 2. The van der Waals surface area contributed by atoms with Gasteiger partial charge < -0.3 is 0 Å². The molecule has 1 aromatic rings. The number of pyridine rings is 1.